The Balaban J connectivity index is 1.75. The van der Waals surface area contributed by atoms with E-state index in [1.54, 1.807) is 19.1 Å². The van der Waals surface area contributed by atoms with E-state index in [0.29, 0.717) is 16.3 Å². The van der Waals surface area contributed by atoms with Crippen LogP contribution in [0.4, 0.5) is 13.2 Å². The second-order valence-corrected chi connectivity index (χ2v) is 7.15. The van der Waals surface area contributed by atoms with Crippen molar-refractivity contribution < 1.29 is 18.0 Å². The molecule has 0 spiro atoms. The van der Waals surface area contributed by atoms with E-state index in [0.717, 1.165) is 17.7 Å². The van der Waals surface area contributed by atoms with E-state index in [1.165, 1.54) is 16.8 Å². The molecule has 0 fully saturated rings. The van der Waals surface area contributed by atoms with Gasteiger partial charge in [-0.05, 0) is 36.2 Å². The van der Waals surface area contributed by atoms with Crippen LogP contribution < -0.4 is 5.32 Å². The molecule has 1 heterocycles. The summed E-state index contributed by atoms with van der Waals surface area (Å²) < 4.78 is 39.9. The average molecular weight is 442 g/mol. The van der Waals surface area contributed by atoms with E-state index in [2.05, 4.69) is 10.4 Å². The third-order valence-corrected chi connectivity index (χ3v) is 5.03. The summed E-state index contributed by atoms with van der Waals surface area (Å²) in [7, 11) is 0. The number of halogens is 5. The zero-order valence-electron chi connectivity index (χ0n) is 15.2. The molecule has 0 saturated heterocycles. The highest BCUT2D eigenvalue weighted by molar-refractivity contribution is 6.33. The molecule has 1 aromatic heterocycles. The zero-order valence-corrected chi connectivity index (χ0v) is 16.7. The first-order valence-electron chi connectivity index (χ1n) is 8.57. The summed E-state index contributed by atoms with van der Waals surface area (Å²) in [6.45, 7) is 1.84. The second kappa shape index (κ2) is 8.47. The van der Waals surface area contributed by atoms with Gasteiger partial charge < -0.3 is 5.32 Å². The van der Waals surface area contributed by atoms with Crippen LogP contribution in [-0.2, 0) is 19.3 Å². The second-order valence-electron chi connectivity index (χ2n) is 6.38. The average Bonchev–Trinajstić information content (AvgIpc) is 2.94. The fourth-order valence-corrected chi connectivity index (χ4v) is 3.35. The number of hydrogen-bond donors (Lipinski definition) is 1. The highest BCUT2D eigenvalue weighted by Crippen LogP contribution is 2.29. The highest BCUT2D eigenvalue weighted by atomic mass is 35.5. The van der Waals surface area contributed by atoms with Gasteiger partial charge in [0.15, 0.2) is 0 Å². The number of aryl methyl sites for hydroxylation is 1. The molecule has 2 aromatic carbocycles. The number of alkyl halides is 3. The molecule has 0 bridgehead atoms. The fourth-order valence-electron chi connectivity index (χ4n) is 2.83. The van der Waals surface area contributed by atoms with Crippen LogP contribution in [0, 0.1) is 6.92 Å². The van der Waals surface area contributed by atoms with Crippen molar-refractivity contribution in [3.63, 3.8) is 0 Å². The van der Waals surface area contributed by atoms with Gasteiger partial charge in [0.05, 0.1) is 23.4 Å². The van der Waals surface area contributed by atoms with Crippen molar-refractivity contribution in [2.24, 2.45) is 0 Å². The van der Waals surface area contributed by atoms with Gasteiger partial charge in [-0.1, -0.05) is 53.5 Å². The minimum absolute atomic E-state index is 0.0752. The molecule has 29 heavy (non-hydrogen) atoms. The van der Waals surface area contributed by atoms with Gasteiger partial charge in [-0.25, -0.2) is 4.68 Å². The number of amides is 1. The number of carbonyl (C=O) groups excluding carboxylic acids is 1. The SMILES string of the molecule is Cc1nn(Cc2ccccc2Cl)c(Cl)c1C(=O)NCc1cccc(C(F)(F)F)c1. The van der Waals surface area contributed by atoms with Crippen LogP contribution >= 0.6 is 23.2 Å². The molecule has 0 aliphatic heterocycles. The molecule has 152 valence electrons. The predicted molar refractivity (Wildman–Crippen MR) is 105 cm³/mol. The molecule has 0 unspecified atom stereocenters. The summed E-state index contributed by atoms with van der Waals surface area (Å²) in [5, 5.41) is 7.56. The number of rotatable bonds is 5. The van der Waals surface area contributed by atoms with Crippen molar-refractivity contribution >= 4 is 29.1 Å². The van der Waals surface area contributed by atoms with Crippen molar-refractivity contribution in [1.82, 2.24) is 15.1 Å². The Morgan fingerprint density at radius 1 is 1.14 bits per heavy atom. The third kappa shape index (κ3) is 4.92. The first kappa shape index (κ1) is 21.2. The monoisotopic (exact) mass is 441 g/mol. The minimum atomic E-state index is -4.44. The highest BCUT2D eigenvalue weighted by Gasteiger charge is 2.30. The van der Waals surface area contributed by atoms with E-state index in [-0.39, 0.29) is 23.8 Å². The number of nitrogens with zero attached hydrogens (tertiary/aromatic N) is 2. The van der Waals surface area contributed by atoms with Crippen molar-refractivity contribution in [3.8, 4) is 0 Å². The van der Waals surface area contributed by atoms with E-state index < -0.39 is 17.6 Å². The molecule has 0 radical (unpaired) electrons. The summed E-state index contributed by atoms with van der Waals surface area (Å²) in [5.74, 6) is -0.518. The number of benzene rings is 2. The Kier molecular flexibility index (Phi) is 6.19. The van der Waals surface area contributed by atoms with Gasteiger partial charge in [0.2, 0.25) is 0 Å². The molecule has 3 aromatic rings. The lowest BCUT2D eigenvalue weighted by Crippen LogP contribution is -2.23. The lowest BCUT2D eigenvalue weighted by molar-refractivity contribution is -0.137. The number of hydrogen-bond acceptors (Lipinski definition) is 2. The van der Waals surface area contributed by atoms with Crippen LogP contribution in [0.1, 0.15) is 32.7 Å². The standard InChI is InChI=1S/C20H16Cl2F3N3O/c1-12-17(18(22)28(27-12)11-14-6-2-3-8-16(14)21)19(29)26-10-13-5-4-7-15(9-13)20(23,24)25/h2-9H,10-11H2,1H3,(H,26,29). The van der Waals surface area contributed by atoms with Gasteiger partial charge >= 0.3 is 6.18 Å². The van der Waals surface area contributed by atoms with Crippen LogP contribution in [0.25, 0.3) is 0 Å². The number of nitrogens with one attached hydrogen (secondary N) is 1. The quantitative estimate of drug-likeness (QED) is 0.568. The molecular weight excluding hydrogens is 426 g/mol. The van der Waals surface area contributed by atoms with Crippen molar-refractivity contribution in [1.29, 1.82) is 0 Å². The largest absolute Gasteiger partial charge is 0.416 e. The molecule has 0 aliphatic rings. The van der Waals surface area contributed by atoms with Crippen LogP contribution in [0.5, 0.6) is 0 Å². The number of carbonyl (C=O) groups is 1. The van der Waals surface area contributed by atoms with Gasteiger partial charge in [-0.3, -0.25) is 4.79 Å². The summed E-state index contributed by atoms with van der Waals surface area (Å²) in [6, 6.07) is 12.0. The fraction of sp³-hybridized carbons (Fsp3) is 0.200. The third-order valence-electron chi connectivity index (χ3n) is 4.28. The molecule has 1 N–H and O–H groups in total. The molecule has 0 saturated carbocycles. The molecule has 4 nitrogen and oxygen atoms in total. The lowest BCUT2D eigenvalue weighted by atomic mass is 10.1. The Labute approximate surface area is 175 Å². The van der Waals surface area contributed by atoms with E-state index in [1.807, 2.05) is 12.1 Å². The summed E-state index contributed by atoms with van der Waals surface area (Å²) in [5.41, 5.74) is 0.917. The predicted octanol–water partition coefficient (Wildman–Crippen LogP) is 5.50. The molecule has 0 atom stereocenters. The van der Waals surface area contributed by atoms with Crippen LogP contribution in [0.2, 0.25) is 10.2 Å². The van der Waals surface area contributed by atoms with Crippen LogP contribution in [0.15, 0.2) is 48.5 Å². The van der Waals surface area contributed by atoms with Crippen LogP contribution in [-0.4, -0.2) is 15.7 Å². The summed E-state index contributed by atoms with van der Waals surface area (Å²) >= 11 is 12.5. The normalized spacial score (nSPS) is 11.5. The van der Waals surface area contributed by atoms with Crippen molar-refractivity contribution in [3.05, 3.63) is 86.7 Å². The van der Waals surface area contributed by atoms with E-state index >= 15 is 0 Å². The zero-order chi connectivity index (χ0) is 21.2. The topological polar surface area (TPSA) is 46.9 Å². The molecule has 9 heteroatoms. The summed E-state index contributed by atoms with van der Waals surface area (Å²) in [4.78, 5) is 12.6. The van der Waals surface area contributed by atoms with Gasteiger partial charge in [-0.15, -0.1) is 0 Å². The Hall–Kier alpha value is -2.51. The Bertz CT molecular complexity index is 1050. The van der Waals surface area contributed by atoms with Gasteiger partial charge in [-0.2, -0.15) is 18.3 Å². The first-order chi connectivity index (χ1) is 13.7. The van der Waals surface area contributed by atoms with Gasteiger partial charge in [0.25, 0.3) is 5.91 Å². The van der Waals surface area contributed by atoms with Crippen molar-refractivity contribution in [2.75, 3.05) is 0 Å². The van der Waals surface area contributed by atoms with E-state index in [9.17, 15) is 18.0 Å². The number of aromatic nitrogens is 2. The maximum Gasteiger partial charge on any atom is 0.416 e. The molecule has 0 aliphatic carbocycles. The smallest absolute Gasteiger partial charge is 0.348 e. The minimum Gasteiger partial charge on any atom is -0.348 e. The Morgan fingerprint density at radius 2 is 1.86 bits per heavy atom. The van der Waals surface area contributed by atoms with Crippen LogP contribution in [0.3, 0.4) is 0 Å². The van der Waals surface area contributed by atoms with Crippen molar-refractivity contribution in [2.45, 2.75) is 26.2 Å². The molecular formula is C20H16Cl2F3N3O. The lowest BCUT2D eigenvalue weighted by Gasteiger charge is -2.10. The first-order valence-corrected chi connectivity index (χ1v) is 9.33. The van der Waals surface area contributed by atoms with E-state index in [4.69, 9.17) is 23.2 Å². The summed E-state index contributed by atoms with van der Waals surface area (Å²) in [6.07, 6.45) is -4.44. The molecule has 3 rings (SSSR count). The molecule has 1 amide bonds. The van der Waals surface area contributed by atoms with Gasteiger partial charge in [0, 0.05) is 11.6 Å². The Morgan fingerprint density at radius 3 is 2.55 bits per heavy atom. The maximum absolute atomic E-state index is 12.8. The maximum atomic E-state index is 12.8. The van der Waals surface area contributed by atoms with Gasteiger partial charge in [0.1, 0.15) is 5.15 Å².